The van der Waals surface area contributed by atoms with Crippen LogP contribution in [0.5, 0.6) is 0 Å². The Hall–Kier alpha value is -3.90. The molecule has 204 valence electrons. The Labute approximate surface area is 222 Å². The molecule has 3 amide bonds. The van der Waals surface area contributed by atoms with Crippen LogP contribution in [0.1, 0.15) is 32.3 Å². The Bertz CT molecular complexity index is 1400. The molecule has 3 aromatic rings. The first-order chi connectivity index (χ1) is 18.0. The number of likely N-dealkylation sites (N-methyl/N-ethyl adjacent to an activating group) is 1. The standard InChI is InChI=1S/C26H34N6O5S/c1-16(2)12-17(14-24(33)31-32-38(36,37)23-11-7-5-9-20(23)27)25(34)30-22(26(35)28-3)13-18-15-29-21-10-6-4-8-19(18)21/h4-11,15-17,22,29,32H,12-14,27H2,1-3H3,(H,28,35)(H,30,34)(H,31,33)/t17-,22+/m1/s1. The van der Waals surface area contributed by atoms with Gasteiger partial charge in [-0.3, -0.25) is 19.8 Å². The smallest absolute Gasteiger partial charge is 0.259 e. The maximum Gasteiger partial charge on any atom is 0.259 e. The summed E-state index contributed by atoms with van der Waals surface area (Å²) in [7, 11) is -2.62. The summed E-state index contributed by atoms with van der Waals surface area (Å²) in [6.07, 6.45) is 2.11. The number of hydrazine groups is 1. The number of nitrogen functional groups attached to an aromatic ring is 1. The van der Waals surface area contributed by atoms with E-state index >= 15 is 0 Å². The number of carbonyl (C=O) groups is 3. The number of nitrogens with one attached hydrogen (secondary N) is 5. The fourth-order valence-electron chi connectivity index (χ4n) is 4.22. The van der Waals surface area contributed by atoms with Crippen molar-refractivity contribution in [3.05, 3.63) is 60.3 Å². The summed E-state index contributed by atoms with van der Waals surface area (Å²) in [5.74, 6) is -2.28. The summed E-state index contributed by atoms with van der Waals surface area (Å²) < 4.78 is 25.0. The minimum absolute atomic E-state index is 0.0294. The highest BCUT2D eigenvalue weighted by Crippen LogP contribution is 2.21. The number of nitrogens with two attached hydrogens (primary N) is 1. The Kier molecular flexibility index (Phi) is 9.48. The molecular formula is C26H34N6O5S. The van der Waals surface area contributed by atoms with E-state index in [-0.39, 0.29) is 35.2 Å². The lowest BCUT2D eigenvalue weighted by atomic mass is 9.92. The minimum atomic E-state index is -4.11. The van der Waals surface area contributed by atoms with Crippen molar-refractivity contribution in [1.82, 2.24) is 25.9 Å². The lowest BCUT2D eigenvalue weighted by molar-refractivity contribution is -0.133. The van der Waals surface area contributed by atoms with Crippen molar-refractivity contribution < 1.29 is 22.8 Å². The number of amides is 3. The third-order valence-electron chi connectivity index (χ3n) is 6.07. The first kappa shape index (κ1) is 28.7. The van der Waals surface area contributed by atoms with Gasteiger partial charge in [0.15, 0.2) is 0 Å². The van der Waals surface area contributed by atoms with E-state index in [2.05, 4.69) is 21.0 Å². The van der Waals surface area contributed by atoms with E-state index in [0.29, 0.717) is 6.42 Å². The van der Waals surface area contributed by atoms with Crippen LogP contribution in [0.2, 0.25) is 0 Å². The third kappa shape index (κ3) is 7.33. The average Bonchev–Trinajstić information content (AvgIpc) is 3.29. The monoisotopic (exact) mass is 542 g/mol. The second-order valence-corrected chi connectivity index (χ2v) is 11.1. The van der Waals surface area contributed by atoms with Crippen molar-refractivity contribution in [3.8, 4) is 0 Å². The van der Waals surface area contributed by atoms with E-state index < -0.39 is 33.8 Å². The number of H-pyrrole nitrogens is 1. The van der Waals surface area contributed by atoms with E-state index in [9.17, 15) is 22.8 Å². The lowest BCUT2D eigenvalue weighted by Gasteiger charge is -2.23. The van der Waals surface area contributed by atoms with Crippen molar-refractivity contribution in [2.24, 2.45) is 11.8 Å². The molecule has 7 N–H and O–H groups in total. The summed E-state index contributed by atoms with van der Waals surface area (Å²) in [4.78, 5) is 43.6. The van der Waals surface area contributed by atoms with Gasteiger partial charge in [0.1, 0.15) is 10.9 Å². The van der Waals surface area contributed by atoms with Gasteiger partial charge < -0.3 is 21.4 Å². The zero-order chi connectivity index (χ0) is 27.9. The largest absolute Gasteiger partial charge is 0.398 e. The molecule has 0 unspecified atom stereocenters. The van der Waals surface area contributed by atoms with E-state index in [1.54, 1.807) is 12.3 Å². The molecule has 1 aromatic heterocycles. The zero-order valence-electron chi connectivity index (χ0n) is 21.6. The van der Waals surface area contributed by atoms with Gasteiger partial charge in [0.2, 0.25) is 17.7 Å². The van der Waals surface area contributed by atoms with Gasteiger partial charge in [0.25, 0.3) is 10.0 Å². The Morgan fingerprint density at radius 2 is 1.68 bits per heavy atom. The van der Waals surface area contributed by atoms with Crippen molar-refractivity contribution in [1.29, 1.82) is 0 Å². The lowest BCUT2D eigenvalue weighted by Crippen LogP contribution is -2.50. The molecule has 0 spiro atoms. The number of fused-ring (bicyclic) bond motifs is 1. The van der Waals surface area contributed by atoms with E-state index in [1.807, 2.05) is 42.9 Å². The fourth-order valence-corrected chi connectivity index (χ4v) is 5.22. The number of benzene rings is 2. The minimum Gasteiger partial charge on any atom is -0.398 e. The van der Waals surface area contributed by atoms with Crippen LogP contribution >= 0.6 is 0 Å². The topological polar surface area (TPSA) is 175 Å². The maximum atomic E-state index is 13.3. The van der Waals surface area contributed by atoms with E-state index in [4.69, 9.17) is 5.73 Å². The summed E-state index contributed by atoms with van der Waals surface area (Å²) in [5.41, 5.74) is 9.69. The van der Waals surface area contributed by atoms with Gasteiger partial charge in [-0.1, -0.05) is 44.2 Å². The van der Waals surface area contributed by atoms with Crippen LogP contribution in [-0.2, 0) is 30.8 Å². The number of para-hydroxylation sites is 2. The normalized spacial score (nSPS) is 13.2. The molecule has 0 fully saturated rings. The second-order valence-electron chi connectivity index (χ2n) is 9.46. The van der Waals surface area contributed by atoms with Gasteiger partial charge in [-0.15, -0.1) is 4.83 Å². The van der Waals surface area contributed by atoms with Gasteiger partial charge in [0.05, 0.1) is 5.69 Å². The average molecular weight is 543 g/mol. The predicted molar refractivity (Wildman–Crippen MR) is 145 cm³/mol. The van der Waals surface area contributed by atoms with E-state index in [0.717, 1.165) is 16.5 Å². The van der Waals surface area contributed by atoms with Crippen molar-refractivity contribution in [3.63, 3.8) is 0 Å². The van der Waals surface area contributed by atoms with Crippen molar-refractivity contribution in [2.75, 3.05) is 12.8 Å². The first-order valence-corrected chi connectivity index (χ1v) is 13.7. The highest BCUT2D eigenvalue weighted by atomic mass is 32.2. The SMILES string of the molecule is CNC(=O)[C@H](Cc1c[nH]c2ccccc12)NC(=O)[C@@H](CC(=O)NNS(=O)(=O)c1ccccc1N)CC(C)C. The predicted octanol–water partition coefficient (Wildman–Crippen LogP) is 1.59. The molecule has 3 rings (SSSR count). The Morgan fingerprint density at radius 1 is 1.00 bits per heavy atom. The van der Waals surface area contributed by atoms with Gasteiger partial charge >= 0.3 is 0 Å². The molecule has 2 atom stereocenters. The molecule has 38 heavy (non-hydrogen) atoms. The fraction of sp³-hybridized carbons (Fsp3) is 0.346. The number of hydrogen-bond donors (Lipinski definition) is 6. The zero-order valence-corrected chi connectivity index (χ0v) is 22.4. The number of sulfonamides is 1. The Morgan fingerprint density at radius 3 is 2.37 bits per heavy atom. The molecule has 2 aromatic carbocycles. The van der Waals surface area contributed by atoms with Crippen LogP contribution < -0.4 is 26.6 Å². The number of hydrogen-bond acceptors (Lipinski definition) is 6. The molecular weight excluding hydrogens is 508 g/mol. The van der Waals surface area contributed by atoms with Crippen LogP contribution in [0, 0.1) is 11.8 Å². The summed E-state index contributed by atoms with van der Waals surface area (Å²) in [5, 5.41) is 6.31. The molecule has 11 nitrogen and oxygen atoms in total. The molecule has 0 radical (unpaired) electrons. The molecule has 12 heteroatoms. The van der Waals surface area contributed by atoms with Crippen LogP contribution in [0.3, 0.4) is 0 Å². The molecule has 0 bridgehead atoms. The Balaban J connectivity index is 1.69. The number of rotatable bonds is 12. The summed E-state index contributed by atoms with van der Waals surface area (Å²) in [6.45, 7) is 3.81. The molecule has 0 aliphatic carbocycles. The number of aromatic amines is 1. The summed E-state index contributed by atoms with van der Waals surface area (Å²) >= 11 is 0. The van der Waals surface area contributed by atoms with Crippen LogP contribution in [0.25, 0.3) is 10.9 Å². The van der Waals surface area contributed by atoms with Crippen LogP contribution in [0.15, 0.2) is 59.6 Å². The van der Waals surface area contributed by atoms with Crippen molar-refractivity contribution >= 4 is 44.3 Å². The number of anilines is 1. The quantitative estimate of drug-likeness (QED) is 0.150. The molecule has 1 heterocycles. The second kappa shape index (κ2) is 12.6. The molecule has 0 saturated carbocycles. The highest BCUT2D eigenvalue weighted by molar-refractivity contribution is 7.89. The van der Waals surface area contributed by atoms with Crippen molar-refractivity contribution in [2.45, 2.75) is 44.0 Å². The number of aromatic nitrogens is 1. The van der Waals surface area contributed by atoms with E-state index in [1.165, 1.54) is 25.2 Å². The molecule has 0 saturated heterocycles. The number of carbonyl (C=O) groups excluding carboxylic acids is 3. The van der Waals surface area contributed by atoms with Gasteiger partial charge in [-0.05, 0) is 36.1 Å². The maximum absolute atomic E-state index is 13.3. The molecule has 0 aliphatic heterocycles. The van der Waals surface area contributed by atoms with Gasteiger partial charge in [-0.2, -0.15) is 0 Å². The van der Waals surface area contributed by atoms with Crippen LogP contribution in [0.4, 0.5) is 5.69 Å². The van der Waals surface area contributed by atoms with Gasteiger partial charge in [0, 0.05) is 42.9 Å². The summed E-state index contributed by atoms with van der Waals surface area (Å²) in [6, 6.07) is 12.6. The molecule has 0 aliphatic rings. The van der Waals surface area contributed by atoms with Gasteiger partial charge in [-0.25, -0.2) is 8.42 Å². The van der Waals surface area contributed by atoms with Crippen LogP contribution in [-0.4, -0.2) is 44.2 Å². The third-order valence-corrected chi connectivity index (χ3v) is 7.39. The highest BCUT2D eigenvalue weighted by Gasteiger charge is 2.29. The first-order valence-electron chi connectivity index (χ1n) is 12.2.